The summed E-state index contributed by atoms with van der Waals surface area (Å²) >= 11 is 0. The lowest BCUT2D eigenvalue weighted by Crippen LogP contribution is -2.52. The van der Waals surface area contributed by atoms with Crippen LogP contribution in [0.5, 0.6) is 0 Å². The number of aliphatic hydroxyl groups excluding tert-OH is 1. The molecule has 1 saturated heterocycles. The average molecular weight is 285 g/mol. The standard InChI is InChI=1S/C15H31N3O2/c1-12(2)14-9-15(17-5-4-8-19)11-18(10-14)7-6-16-13(3)20/h12,14-15,17,19H,4-11H2,1-3H3,(H,16,20). The summed E-state index contributed by atoms with van der Waals surface area (Å²) in [4.78, 5) is 13.4. The molecule has 3 N–H and O–H groups in total. The summed E-state index contributed by atoms with van der Waals surface area (Å²) in [5, 5.41) is 15.3. The van der Waals surface area contributed by atoms with Gasteiger partial charge in [-0.1, -0.05) is 13.8 Å². The minimum absolute atomic E-state index is 0.0417. The fraction of sp³-hybridized carbons (Fsp3) is 0.933. The Morgan fingerprint density at radius 1 is 1.35 bits per heavy atom. The molecule has 5 heteroatoms. The number of piperidine rings is 1. The third-order valence-corrected chi connectivity index (χ3v) is 4.07. The van der Waals surface area contributed by atoms with Crippen molar-refractivity contribution in [2.75, 3.05) is 39.3 Å². The van der Waals surface area contributed by atoms with E-state index in [1.165, 1.54) is 6.42 Å². The first-order valence-corrected chi connectivity index (χ1v) is 7.84. The van der Waals surface area contributed by atoms with Crippen LogP contribution in [0, 0.1) is 11.8 Å². The Balaban J connectivity index is 2.41. The number of carbonyl (C=O) groups excluding carboxylic acids is 1. The van der Waals surface area contributed by atoms with Gasteiger partial charge in [-0.3, -0.25) is 9.69 Å². The van der Waals surface area contributed by atoms with Crippen LogP contribution >= 0.6 is 0 Å². The van der Waals surface area contributed by atoms with Crippen molar-refractivity contribution in [3.05, 3.63) is 0 Å². The van der Waals surface area contributed by atoms with Gasteiger partial charge in [-0.15, -0.1) is 0 Å². The second-order valence-electron chi connectivity index (χ2n) is 6.21. The van der Waals surface area contributed by atoms with Gasteiger partial charge in [0, 0.05) is 45.8 Å². The molecule has 0 spiro atoms. The summed E-state index contributed by atoms with van der Waals surface area (Å²) in [6.07, 6.45) is 2.02. The van der Waals surface area contributed by atoms with E-state index >= 15 is 0 Å². The van der Waals surface area contributed by atoms with Gasteiger partial charge in [0.1, 0.15) is 0 Å². The highest BCUT2D eigenvalue weighted by atomic mass is 16.3. The molecular formula is C15H31N3O2. The summed E-state index contributed by atoms with van der Waals surface area (Å²) in [6, 6.07) is 0.500. The number of nitrogens with zero attached hydrogens (tertiary/aromatic N) is 1. The number of nitrogens with one attached hydrogen (secondary N) is 2. The Morgan fingerprint density at radius 3 is 2.70 bits per heavy atom. The first-order chi connectivity index (χ1) is 9.52. The molecule has 2 atom stereocenters. The molecule has 118 valence electrons. The molecule has 1 aliphatic heterocycles. The van der Waals surface area contributed by atoms with Crippen molar-refractivity contribution >= 4 is 5.91 Å². The van der Waals surface area contributed by atoms with Crippen LogP contribution in [0.1, 0.15) is 33.6 Å². The number of rotatable bonds is 8. The molecule has 1 fully saturated rings. The molecule has 0 aliphatic carbocycles. The van der Waals surface area contributed by atoms with Crippen LogP contribution < -0.4 is 10.6 Å². The zero-order valence-electron chi connectivity index (χ0n) is 13.2. The summed E-state index contributed by atoms with van der Waals surface area (Å²) in [7, 11) is 0. The van der Waals surface area contributed by atoms with E-state index in [0.29, 0.717) is 17.9 Å². The molecular weight excluding hydrogens is 254 g/mol. The quantitative estimate of drug-likeness (QED) is 0.566. The molecule has 1 amide bonds. The molecule has 0 bridgehead atoms. The molecule has 5 nitrogen and oxygen atoms in total. The van der Waals surface area contributed by atoms with Crippen LogP contribution in [0.2, 0.25) is 0 Å². The lowest BCUT2D eigenvalue weighted by Gasteiger charge is -2.40. The largest absolute Gasteiger partial charge is 0.396 e. The molecule has 0 aromatic rings. The van der Waals surface area contributed by atoms with Gasteiger partial charge in [0.2, 0.25) is 5.91 Å². The maximum absolute atomic E-state index is 10.9. The molecule has 1 heterocycles. The average Bonchev–Trinajstić information content (AvgIpc) is 2.38. The summed E-state index contributed by atoms with van der Waals surface area (Å²) in [5.41, 5.74) is 0. The van der Waals surface area contributed by atoms with Crippen molar-refractivity contribution in [3.63, 3.8) is 0 Å². The van der Waals surface area contributed by atoms with Crippen LogP contribution in [0.3, 0.4) is 0 Å². The highest BCUT2D eigenvalue weighted by Crippen LogP contribution is 2.23. The highest BCUT2D eigenvalue weighted by molar-refractivity contribution is 5.72. The van der Waals surface area contributed by atoms with E-state index in [9.17, 15) is 4.79 Å². The van der Waals surface area contributed by atoms with Crippen LogP contribution in [0.4, 0.5) is 0 Å². The van der Waals surface area contributed by atoms with Crippen molar-refractivity contribution in [2.24, 2.45) is 11.8 Å². The number of hydrogen-bond donors (Lipinski definition) is 3. The summed E-state index contributed by atoms with van der Waals surface area (Å²) in [6.45, 7) is 11.1. The zero-order valence-corrected chi connectivity index (χ0v) is 13.2. The van der Waals surface area contributed by atoms with Crippen molar-refractivity contribution in [1.82, 2.24) is 15.5 Å². The smallest absolute Gasteiger partial charge is 0.216 e. The van der Waals surface area contributed by atoms with Crippen LogP contribution in [-0.4, -0.2) is 61.3 Å². The Hall–Kier alpha value is -0.650. The number of carbonyl (C=O) groups is 1. The fourth-order valence-corrected chi connectivity index (χ4v) is 2.82. The van der Waals surface area contributed by atoms with E-state index in [-0.39, 0.29) is 12.5 Å². The second kappa shape index (κ2) is 9.32. The lowest BCUT2D eigenvalue weighted by molar-refractivity contribution is -0.119. The molecule has 0 aromatic heterocycles. The van der Waals surface area contributed by atoms with Gasteiger partial charge in [0.25, 0.3) is 0 Å². The van der Waals surface area contributed by atoms with E-state index < -0.39 is 0 Å². The maximum Gasteiger partial charge on any atom is 0.216 e. The molecule has 0 aromatic carbocycles. The van der Waals surface area contributed by atoms with Gasteiger partial charge in [-0.25, -0.2) is 0 Å². The Morgan fingerprint density at radius 2 is 2.10 bits per heavy atom. The Bertz CT molecular complexity index is 284. The molecule has 1 rings (SSSR count). The van der Waals surface area contributed by atoms with Gasteiger partial charge in [-0.05, 0) is 31.2 Å². The van der Waals surface area contributed by atoms with Crippen molar-refractivity contribution < 1.29 is 9.90 Å². The number of likely N-dealkylation sites (tertiary alicyclic amines) is 1. The Labute approximate surface area is 123 Å². The highest BCUT2D eigenvalue weighted by Gasteiger charge is 2.28. The zero-order chi connectivity index (χ0) is 15.0. The topological polar surface area (TPSA) is 64.6 Å². The molecule has 0 saturated carbocycles. The van der Waals surface area contributed by atoms with E-state index in [0.717, 1.165) is 39.1 Å². The predicted octanol–water partition coefficient (Wildman–Crippen LogP) is 0.441. The van der Waals surface area contributed by atoms with E-state index in [4.69, 9.17) is 5.11 Å². The van der Waals surface area contributed by atoms with Gasteiger partial charge in [-0.2, -0.15) is 0 Å². The number of hydrogen-bond acceptors (Lipinski definition) is 4. The van der Waals surface area contributed by atoms with Gasteiger partial charge in [0.05, 0.1) is 0 Å². The van der Waals surface area contributed by atoms with E-state index in [1.807, 2.05) is 0 Å². The van der Waals surface area contributed by atoms with Crippen LogP contribution in [-0.2, 0) is 4.79 Å². The monoisotopic (exact) mass is 285 g/mol. The van der Waals surface area contributed by atoms with Crippen molar-refractivity contribution in [1.29, 1.82) is 0 Å². The van der Waals surface area contributed by atoms with Crippen LogP contribution in [0.15, 0.2) is 0 Å². The fourth-order valence-electron chi connectivity index (χ4n) is 2.82. The number of aliphatic hydroxyl groups is 1. The minimum Gasteiger partial charge on any atom is -0.396 e. The van der Waals surface area contributed by atoms with Crippen molar-refractivity contribution in [3.8, 4) is 0 Å². The summed E-state index contributed by atoms with van der Waals surface area (Å²) < 4.78 is 0. The normalized spacial score (nSPS) is 24.1. The van der Waals surface area contributed by atoms with E-state index in [2.05, 4.69) is 29.4 Å². The number of amides is 1. The third kappa shape index (κ3) is 6.68. The molecule has 0 radical (unpaired) electrons. The molecule has 1 aliphatic rings. The molecule has 20 heavy (non-hydrogen) atoms. The maximum atomic E-state index is 10.9. The van der Waals surface area contributed by atoms with Crippen molar-refractivity contribution in [2.45, 2.75) is 39.7 Å². The first-order valence-electron chi connectivity index (χ1n) is 7.84. The second-order valence-corrected chi connectivity index (χ2v) is 6.21. The van der Waals surface area contributed by atoms with Gasteiger partial charge < -0.3 is 15.7 Å². The SMILES string of the molecule is CC(=O)NCCN1CC(NCCCO)CC(C(C)C)C1. The van der Waals surface area contributed by atoms with Gasteiger partial charge >= 0.3 is 0 Å². The minimum atomic E-state index is 0.0417. The van der Waals surface area contributed by atoms with Crippen LogP contribution in [0.25, 0.3) is 0 Å². The molecule has 2 unspecified atom stereocenters. The van der Waals surface area contributed by atoms with Gasteiger partial charge in [0.15, 0.2) is 0 Å². The third-order valence-electron chi connectivity index (χ3n) is 4.07. The summed E-state index contributed by atoms with van der Waals surface area (Å²) in [5.74, 6) is 1.42. The van der Waals surface area contributed by atoms with E-state index in [1.54, 1.807) is 6.92 Å². The Kier molecular flexibility index (Phi) is 8.11. The first kappa shape index (κ1) is 17.4. The predicted molar refractivity (Wildman–Crippen MR) is 81.6 cm³/mol. The lowest BCUT2D eigenvalue weighted by atomic mass is 9.85.